The van der Waals surface area contributed by atoms with Crippen molar-refractivity contribution in [2.45, 2.75) is 187 Å². The Morgan fingerprint density at radius 1 is 0.556 bits per heavy atom. The number of hydrogen-bond acceptors (Lipinski definition) is 9. The molecule has 0 aromatic rings. The van der Waals surface area contributed by atoms with E-state index < -0.39 is 51.8 Å². The van der Waals surface area contributed by atoms with Crippen LogP contribution >= 0.6 is 7.82 Å². The first kappa shape index (κ1) is 51.9. The lowest BCUT2D eigenvalue weighted by atomic mass is 10.1. The van der Waals surface area contributed by atoms with Gasteiger partial charge in [-0.2, -0.15) is 0 Å². The van der Waals surface area contributed by atoms with Crippen molar-refractivity contribution in [2.75, 3.05) is 26.4 Å². The van der Waals surface area contributed by atoms with Gasteiger partial charge in [0.25, 0.3) is 0 Å². The van der Waals surface area contributed by atoms with E-state index in [1.54, 1.807) is 0 Å². The van der Waals surface area contributed by atoms with Gasteiger partial charge in [-0.15, -0.1) is 0 Å². The van der Waals surface area contributed by atoms with E-state index in [1.165, 1.54) is 57.8 Å². The summed E-state index contributed by atoms with van der Waals surface area (Å²) < 4.78 is 32.7. The van der Waals surface area contributed by atoms with E-state index >= 15 is 0 Å². The summed E-state index contributed by atoms with van der Waals surface area (Å²) in [7, 11) is -4.62. The molecular formula is C43H77O10P. The predicted molar refractivity (Wildman–Crippen MR) is 219 cm³/mol. The van der Waals surface area contributed by atoms with E-state index in [1.807, 2.05) is 0 Å². The first-order valence-electron chi connectivity index (χ1n) is 21.1. The van der Waals surface area contributed by atoms with Crippen LogP contribution in [0.5, 0.6) is 0 Å². The van der Waals surface area contributed by atoms with Gasteiger partial charge in [0.2, 0.25) is 0 Å². The molecule has 1 unspecified atom stereocenters. The van der Waals surface area contributed by atoms with E-state index in [9.17, 15) is 24.2 Å². The summed E-state index contributed by atoms with van der Waals surface area (Å²) in [6.07, 6.45) is 40.7. The summed E-state index contributed by atoms with van der Waals surface area (Å²) in [6.45, 7) is 2.28. The number of carbonyl (C=O) groups is 2. The molecule has 3 atom stereocenters. The van der Waals surface area contributed by atoms with Crippen LogP contribution in [0.4, 0.5) is 0 Å². The molecule has 0 saturated carbocycles. The molecule has 0 aliphatic heterocycles. The lowest BCUT2D eigenvalue weighted by molar-refractivity contribution is -0.161. The molecule has 0 radical (unpaired) electrons. The van der Waals surface area contributed by atoms with Gasteiger partial charge in [-0.1, -0.05) is 140 Å². The SMILES string of the molecule is CCCC/C=C\C/C=C\CCCCCCCC(=O)O[C@H](COC(=O)CCCCCCCCC/C=C\C/C=C\CCCCC)COP(=O)(O)OC[C@@H](O)CO. The second-order valence-electron chi connectivity index (χ2n) is 14.0. The third-order valence-electron chi connectivity index (χ3n) is 8.71. The average Bonchev–Trinajstić information content (AvgIpc) is 3.16. The van der Waals surface area contributed by atoms with Crippen LogP contribution in [0.25, 0.3) is 0 Å². The van der Waals surface area contributed by atoms with Crippen LogP contribution < -0.4 is 0 Å². The molecule has 314 valence electrons. The topological polar surface area (TPSA) is 149 Å². The summed E-state index contributed by atoms with van der Waals surface area (Å²) in [6, 6.07) is 0. The Morgan fingerprint density at radius 3 is 1.48 bits per heavy atom. The summed E-state index contributed by atoms with van der Waals surface area (Å²) in [5.74, 6) is -0.952. The molecule has 0 bridgehead atoms. The second-order valence-corrected chi connectivity index (χ2v) is 15.5. The molecule has 0 rings (SSSR count). The molecule has 0 aromatic carbocycles. The van der Waals surface area contributed by atoms with Crippen molar-refractivity contribution in [3.8, 4) is 0 Å². The number of rotatable bonds is 39. The Hall–Kier alpha value is -2.07. The van der Waals surface area contributed by atoms with Gasteiger partial charge in [-0.3, -0.25) is 18.6 Å². The first-order chi connectivity index (χ1) is 26.2. The van der Waals surface area contributed by atoms with Crippen LogP contribution in [-0.2, 0) is 32.7 Å². The first-order valence-corrected chi connectivity index (χ1v) is 22.6. The van der Waals surface area contributed by atoms with Crippen molar-refractivity contribution in [2.24, 2.45) is 0 Å². The second kappa shape index (κ2) is 39.2. The van der Waals surface area contributed by atoms with Crippen molar-refractivity contribution < 1.29 is 47.8 Å². The Morgan fingerprint density at radius 2 is 0.981 bits per heavy atom. The van der Waals surface area contributed by atoms with Crippen molar-refractivity contribution in [3.63, 3.8) is 0 Å². The number of aliphatic hydroxyl groups is 2. The number of phosphoric acid groups is 1. The highest BCUT2D eigenvalue weighted by atomic mass is 31.2. The van der Waals surface area contributed by atoms with Gasteiger partial charge in [-0.05, 0) is 70.6 Å². The summed E-state index contributed by atoms with van der Waals surface area (Å²) in [5, 5.41) is 18.3. The molecule has 3 N–H and O–H groups in total. The zero-order valence-electron chi connectivity index (χ0n) is 33.9. The Kier molecular flexibility index (Phi) is 37.7. The zero-order chi connectivity index (χ0) is 39.8. The number of allylic oxidation sites excluding steroid dienone is 8. The van der Waals surface area contributed by atoms with Gasteiger partial charge in [0, 0.05) is 12.8 Å². The zero-order valence-corrected chi connectivity index (χ0v) is 34.8. The van der Waals surface area contributed by atoms with Gasteiger partial charge in [0.1, 0.15) is 12.7 Å². The highest BCUT2D eigenvalue weighted by Crippen LogP contribution is 2.43. The molecule has 10 nitrogen and oxygen atoms in total. The predicted octanol–water partition coefficient (Wildman–Crippen LogP) is 10.9. The van der Waals surface area contributed by atoms with Gasteiger partial charge < -0.3 is 24.6 Å². The van der Waals surface area contributed by atoms with Gasteiger partial charge in [0.05, 0.1) is 19.8 Å². The lowest BCUT2D eigenvalue weighted by Gasteiger charge is -2.20. The minimum absolute atomic E-state index is 0.165. The lowest BCUT2D eigenvalue weighted by Crippen LogP contribution is -2.29. The maximum absolute atomic E-state index is 12.6. The smallest absolute Gasteiger partial charge is 0.462 e. The number of carbonyl (C=O) groups excluding carboxylic acids is 2. The number of esters is 2. The molecule has 0 aliphatic carbocycles. The van der Waals surface area contributed by atoms with Crippen molar-refractivity contribution in [1.29, 1.82) is 0 Å². The van der Waals surface area contributed by atoms with E-state index in [0.29, 0.717) is 12.8 Å². The molecule has 54 heavy (non-hydrogen) atoms. The summed E-state index contributed by atoms with van der Waals surface area (Å²) >= 11 is 0. The molecule has 0 aliphatic rings. The van der Waals surface area contributed by atoms with Gasteiger partial charge in [-0.25, -0.2) is 4.57 Å². The van der Waals surface area contributed by atoms with Crippen LogP contribution in [0, 0.1) is 0 Å². The third-order valence-corrected chi connectivity index (χ3v) is 9.66. The number of ether oxygens (including phenoxy) is 2. The van der Waals surface area contributed by atoms with E-state index in [2.05, 4.69) is 67.0 Å². The quantitative estimate of drug-likeness (QED) is 0.0238. The Labute approximate surface area is 328 Å². The van der Waals surface area contributed by atoms with Gasteiger partial charge in [0.15, 0.2) is 6.10 Å². The molecule has 0 amide bonds. The molecule has 0 aromatic heterocycles. The largest absolute Gasteiger partial charge is 0.472 e. The number of aliphatic hydroxyl groups excluding tert-OH is 2. The van der Waals surface area contributed by atoms with E-state index in [0.717, 1.165) is 77.0 Å². The normalized spacial score (nSPS) is 14.4. The van der Waals surface area contributed by atoms with Gasteiger partial charge >= 0.3 is 19.8 Å². The standard InChI is InChI=1S/C43H77O10P/c1-3-5-7-9-11-13-15-17-19-20-21-23-24-26-28-30-32-34-42(46)50-38-41(39-52-54(48,49)51-37-40(45)36-44)53-43(47)35-33-31-29-27-25-22-18-16-14-12-10-8-6-4-2/h10-13,16-19,40-41,44-45H,3-9,14-15,20-39H2,1-2H3,(H,48,49)/b12-10-,13-11-,18-16-,19-17-/t40-,41+/m0/s1. The highest BCUT2D eigenvalue weighted by molar-refractivity contribution is 7.47. The minimum Gasteiger partial charge on any atom is -0.462 e. The van der Waals surface area contributed by atoms with Crippen LogP contribution in [0.15, 0.2) is 48.6 Å². The maximum atomic E-state index is 12.6. The fourth-order valence-electron chi connectivity index (χ4n) is 5.39. The number of unbranched alkanes of at least 4 members (excludes halogenated alkanes) is 17. The fraction of sp³-hybridized carbons (Fsp3) is 0.767. The van der Waals surface area contributed by atoms with Crippen LogP contribution in [0.2, 0.25) is 0 Å². The Balaban J connectivity index is 4.34. The van der Waals surface area contributed by atoms with Crippen molar-refractivity contribution >= 4 is 19.8 Å². The molecule has 11 heteroatoms. The summed E-state index contributed by atoms with van der Waals surface area (Å²) in [5.41, 5.74) is 0. The van der Waals surface area contributed by atoms with Crippen molar-refractivity contribution in [3.05, 3.63) is 48.6 Å². The maximum Gasteiger partial charge on any atom is 0.472 e. The van der Waals surface area contributed by atoms with Crippen LogP contribution in [-0.4, -0.2) is 65.7 Å². The molecule has 0 saturated heterocycles. The van der Waals surface area contributed by atoms with Crippen LogP contribution in [0.3, 0.4) is 0 Å². The fourth-order valence-corrected chi connectivity index (χ4v) is 6.18. The third kappa shape index (κ3) is 38.2. The van der Waals surface area contributed by atoms with Crippen LogP contribution in [0.1, 0.15) is 174 Å². The Bertz CT molecular complexity index is 1040. The van der Waals surface area contributed by atoms with Crippen molar-refractivity contribution in [1.82, 2.24) is 0 Å². The summed E-state index contributed by atoms with van der Waals surface area (Å²) in [4.78, 5) is 34.9. The highest BCUT2D eigenvalue weighted by Gasteiger charge is 2.27. The number of phosphoric ester groups is 1. The molecular weight excluding hydrogens is 707 g/mol. The minimum atomic E-state index is -4.62. The van der Waals surface area contributed by atoms with E-state index in [-0.39, 0.29) is 19.4 Å². The monoisotopic (exact) mass is 785 g/mol. The van der Waals surface area contributed by atoms with E-state index in [4.69, 9.17) is 19.1 Å². The molecule has 0 fully saturated rings. The average molecular weight is 785 g/mol. The molecule has 0 spiro atoms. The molecule has 0 heterocycles. The number of hydrogen-bond donors (Lipinski definition) is 3.